The minimum atomic E-state index is -0.629. The monoisotopic (exact) mass is 252 g/mol. The normalized spacial score (nSPS) is 22.3. The molecule has 0 radical (unpaired) electrons. The SMILES string of the molecule is O=C(C1CCNC1)N1CCc2c(F)cc(F)cc21. The smallest absolute Gasteiger partial charge is 0.231 e. The minimum absolute atomic E-state index is 0.0243. The summed E-state index contributed by atoms with van der Waals surface area (Å²) in [7, 11) is 0. The number of hydrogen-bond donors (Lipinski definition) is 1. The Labute approximate surface area is 104 Å². The Bertz CT molecular complexity index is 498. The summed E-state index contributed by atoms with van der Waals surface area (Å²) in [6.45, 7) is 1.93. The zero-order chi connectivity index (χ0) is 12.7. The molecular formula is C13H14F2N2O. The van der Waals surface area contributed by atoms with Gasteiger partial charge in [-0.3, -0.25) is 4.79 Å². The third kappa shape index (κ3) is 1.79. The van der Waals surface area contributed by atoms with E-state index < -0.39 is 11.6 Å². The molecule has 1 aromatic carbocycles. The quantitative estimate of drug-likeness (QED) is 0.820. The molecular weight excluding hydrogens is 238 g/mol. The zero-order valence-corrected chi connectivity index (χ0v) is 9.88. The van der Waals surface area contributed by atoms with Crippen molar-refractivity contribution in [2.45, 2.75) is 12.8 Å². The van der Waals surface area contributed by atoms with E-state index in [-0.39, 0.29) is 11.8 Å². The van der Waals surface area contributed by atoms with Crippen molar-refractivity contribution in [1.29, 1.82) is 0 Å². The Hall–Kier alpha value is -1.49. The summed E-state index contributed by atoms with van der Waals surface area (Å²) in [5, 5.41) is 3.13. The fourth-order valence-corrected chi connectivity index (χ4v) is 2.74. The molecule has 1 aromatic rings. The first kappa shape index (κ1) is 11.6. The van der Waals surface area contributed by atoms with E-state index in [4.69, 9.17) is 0 Å². The number of anilines is 1. The van der Waals surface area contributed by atoms with Crippen LogP contribution in [0.5, 0.6) is 0 Å². The maximum atomic E-state index is 13.6. The maximum Gasteiger partial charge on any atom is 0.231 e. The Morgan fingerprint density at radius 1 is 1.39 bits per heavy atom. The lowest BCUT2D eigenvalue weighted by atomic mass is 10.1. The van der Waals surface area contributed by atoms with Gasteiger partial charge in [0.15, 0.2) is 0 Å². The molecule has 1 atom stereocenters. The molecule has 0 aromatic heterocycles. The van der Waals surface area contributed by atoms with Crippen LogP contribution in [-0.2, 0) is 11.2 Å². The van der Waals surface area contributed by atoms with E-state index in [1.54, 1.807) is 0 Å². The summed E-state index contributed by atoms with van der Waals surface area (Å²) in [6, 6.07) is 2.13. The molecule has 0 saturated carbocycles. The van der Waals surface area contributed by atoms with Gasteiger partial charge in [0.2, 0.25) is 5.91 Å². The number of benzene rings is 1. The summed E-state index contributed by atoms with van der Waals surface area (Å²) in [5.41, 5.74) is 0.861. The standard InChI is InChI=1S/C13H14F2N2O/c14-9-5-11(15)10-2-4-17(12(10)6-9)13(18)8-1-3-16-7-8/h5-6,8,16H,1-4,7H2. The Balaban J connectivity index is 1.92. The lowest BCUT2D eigenvalue weighted by molar-refractivity contribution is -0.121. The average Bonchev–Trinajstić information content (AvgIpc) is 2.96. The van der Waals surface area contributed by atoms with Crippen molar-refractivity contribution < 1.29 is 13.6 Å². The summed E-state index contributed by atoms with van der Waals surface area (Å²) >= 11 is 0. The number of carbonyl (C=O) groups is 1. The van der Waals surface area contributed by atoms with Gasteiger partial charge in [-0.05, 0) is 25.5 Å². The van der Waals surface area contributed by atoms with Gasteiger partial charge in [-0.1, -0.05) is 0 Å². The van der Waals surface area contributed by atoms with Gasteiger partial charge in [0.05, 0.1) is 11.6 Å². The Morgan fingerprint density at radius 2 is 2.22 bits per heavy atom. The van der Waals surface area contributed by atoms with Crippen LogP contribution in [0.15, 0.2) is 12.1 Å². The highest BCUT2D eigenvalue weighted by molar-refractivity contribution is 5.97. The second-order valence-corrected chi connectivity index (χ2v) is 4.81. The molecule has 1 unspecified atom stereocenters. The van der Waals surface area contributed by atoms with Gasteiger partial charge in [-0.15, -0.1) is 0 Å². The van der Waals surface area contributed by atoms with Gasteiger partial charge >= 0.3 is 0 Å². The summed E-state index contributed by atoms with van der Waals surface area (Å²) in [5.74, 6) is -1.27. The zero-order valence-electron chi connectivity index (χ0n) is 9.88. The fraction of sp³-hybridized carbons (Fsp3) is 0.462. The van der Waals surface area contributed by atoms with Crippen molar-refractivity contribution in [3.8, 4) is 0 Å². The second kappa shape index (κ2) is 4.31. The molecule has 3 rings (SSSR count). The van der Waals surface area contributed by atoms with Crippen LogP contribution >= 0.6 is 0 Å². The van der Waals surface area contributed by atoms with Gasteiger partial charge in [0.1, 0.15) is 11.6 Å². The van der Waals surface area contributed by atoms with Crippen LogP contribution in [0.4, 0.5) is 14.5 Å². The molecule has 3 nitrogen and oxygen atoms in total. The molecule has 1 N–H and O–H groups in total. The number of rotatable bonds is 1. The van der Waals surface area contributed by atoms with E-state index in [0.717, 1.165) is 19.0 Å². The van der Waals surface area contributed by atoms with Crippen molar-refractivity contribution in [2.24, 2.45) is 5.92 Å². The molecule has 0 aliphatic carbocycles. The highest BCUT2D eigenvalue weighted by atomic mass is 19.1. The molecule has 0 spiro atoms. The third-order valence-electron chi connectivity index (χ3n) is 3.69. The molecule has 5 heteroatoms. The number of halogens is 2. The van der Waals surface area contributed by atoms with E-state index in [1.807, 2.05) is 0 Å². The average molecular weight is 252 g/mol. The van der Waals surface area contributed by atoms with E-state index in [2.05, 4.69) is 5.32 Å². The van der Waals surface area contributed by atoms with Crippen molar-refractivity contribution in [1.82, 2.24) is 5.32 Å². The number of fused-ring (bicyclic) bond motifs is 1. The number of nitrogens with one attached hydrogen (secondary N) is 1. The van der Waals surface area contributed by atoms with Crippen molar-refractivity contribution in [2.75, 3.05) is 24.5 Å². The Kier molecular flexibility index (Phi) is 2.78. The van der Waals surface area contributed by atoms with Gasteiger partial charge < -0.3 is 10.2 Å². The summed E-state index contributed by atoms with van der Waals surface area (Å²) in [6.07, 6.45) is 1.26. The van der Waals surface area contributed by atoms with E-state index >= 15 is 0 Å². The number of nitrogens with zero attached hydrogens (tertiary/aromatic N) is 1. The van der Waals surface area contributed by atoms with Crippen LogP contribution in [0, 0.1) is 17.6 Å². The van der Waals surface area contributed by atoms with Crippen molar-refractivity contribution in [3.63, 3.8) is 0 Å². The highest BCUT2D eigenvalue weighted by Gasteiger charge is 2.33. The first-order valence-corrected chi connectivity index (χ1v) is 6.17. The molecule has 2 aliphatic heterocycles. The minimum Gasteiger partial charge on any atom is -0.316 e. The summed E-state index contributed by atoms with van der Waals surface area (Å²) in [4.78, 5) is 13.8. The molecule has 1 amide bonds. The van der Waals surface area contributed by atoms with Crippen LogP contribution in [0.2, 0.25) is 0 Å². The Morgan fingerprint density at radius 3 is 2.94 bits per heavy atom. The lowest BCUT2D eigenvalue weighted by Gasteiger charge is -2.20. The lowest BCUT2D eigenvalue weighted by Crippen LogP contribution is -2.35. The molecule has 1 fully saturated rings. The van der Waals surface area contributed by atoms with Crippen molar-refractivity contribution >= 4 is 11.6 Å². The fourth-order valence-electron chi connectivity index (χ4n) is 2.74. The van der Waals surface area contributed by atoms with Crippen LogP contribution in [0.1, 0.15) is 12.0 Å². The van der Waals surface area contributed by atoms with Crippen molar-refractivity contribution in [3.05, 3.63) is 29.3 Å². The van der Waals surface area contributed by atoms with E-state index in [1.165, 1.54) is 11.0 Å². The molecule has 0 bridgehead atoms. The first-order valence-electron chi connectivity index (χ1n) is 6.17. The molecule has 96 valence electrons. The topological polar surface area (TPSA) is 32.3 Å². The van der Waals surface area contributed by atoms with E-state index in [0.29, 0.717) is 30.8 Å². The van der Waals surface area contributed by atoms with Gasteiger partial charge in [0, 0.05) is 24.7 Å². The van der Waals surface area contributed by atoms with Crippen LogP contribution in [-0.4, -0.2) is 25.5 Å². The largest absolute Gasteiger partial charge is 0.316 e. The number of carbonyl (C=O) groups excluding carboxylic acids is 1. The van der Waals surface area contributed by atoms with Crippen LogP contribution < -0.4 is 10.2 Å². The molecule has 1 saturated heterocycles. The van der Waals surface area contributed by atoms with E-state index in [9.17, 15) is 13.6 Å². The third-order valence-corrected chi connectivity index (χ3v) is 3.69. The number of amides is 1. The van der Waals surface area contributed by atoms with Gasteiger partial charge in [-0.2, -0.15) is 0 Å². The van der Waals surface area contributed by atoms with Crippen LogP contribution in [0.25, 0.3) is 0 Å². The molecule has 2 heterocycles. The first-order chi connectivity index (χ1) is 8.66. The van der Waals surface area contributed by atoms with Crippen LogP contribution in [0.3, 0.4) is 0 Å². The highest BCUT2D eigenvalue weighted by Crippen LogP contribution is 2.32. The molecule has 2 aliphatic rings. The predicted molar refractivity (Wildman–Crippen MR) is 63.4 cm³/mol. The maximum absolute atomic E-state index is 13.6. The predicted octanol–water partition coefficient (Wildman–Crippen LogP) is 1.46. The van der Waals surface area contributed by atoms with Gasteiger partial charge in [-0.25, -0.2) is 8.78 Å². The second-order valence-electron chi connectivity index (χ2n) is 4.81. The summed E-state index contributed by atoms with van der Waals surface area (Å²) < 4.78 is 26.8. The molecule has 18 heavy (non-hydrogen) atoms. The number of hydrogen-bond acceptors (Lipinski definition) is 2. The van der Waals surface area contributed by atoms with Gasteiger partial charge in [0.25, 0.3) is 0 Å².